The standard InChI is InChI=1S/C13H12N2O4S/c1-17-9-4-2-8(3-5-9)11-14-15-13(19-11)20-10-6-7-18-12(10)16/h2-5,10H,6-7H2,1H3. The van der Waals surface area contributed by atoms with Crippen LogP contribution in [-0.4, -0.2) is 35.1 Å². The van der Waals surface area contributed by atoms with Crippen molar-refractivity contribution in [2.24, 2.45) is 0 Å². The van der Waals surface area contributed by atoms with E-state index >= 15 is 0 Å². The lowest BCUT2D eigenvalue weighted by molar-refractivity contribution is -0.137. The third kappa shape index (κ3) is 2.62. The van der Waals surface area contributed by atoms with Gasteiger partial charge in [-0.2, -0.15) is 0 Å². The molecule has 0 amide bonds. The highest BCUT2D eigenvalue weighted by atomic mass is 32.2. The van der Waals surface area contributed by atoms with Gasteiger partial charge in [-0.15, -0.1) is 10.2 Å². The summed E-state index contributed by atoms with van der Waals surface area (Å²) < 4.78 is 15.5. The SMILES string of the molecule is COc1ccc(-c2nnc(SC3CCOC3=O)o2)cc1. The van der Waals surface area contributed by atoms with Gasteiger partial charge >= 0.3 is 5.97 Å². The fourth-order valence-electron chi connectivity index (χ4n) is 1.81. The summed E-state index contributed by atoms with van der Waals surface area (Å²) >= 11 is 1.24. The van der Waals surface area contributed by atoms with Gasteiger partial charge in [0, 0.05) is 12.0 Å². The second kappa shape index (κ2) is 5.54. The summed E-state index contributed by atoms with van der Waals surface area (Å²) in [6.45, 7) is 0.454. The monoisotopic (exact) mass is 292 g/mol. The Morgan fingerprint density at radius 3 is 2.75 bits per heavy atom. The summed E-state index contributed by atoms with van der Waals surface area (Å²) in [7, 11) is 1.61. The number of ether oxygens (including phenoxy) is 2. The van der Waals surface area contributed by atoms with Crippen LogP contribution in [0.25, 0.3) is 11.5 Å². The minimum absolute atomic E-state index is 0.223. The van der Waals surface area contributed by atoms with E-state index < -0.39 is 0 Å². The van der Waals surface area contributed by atoms with Gasteiger partial charge in [-0.25, -0.2) is 0 Å². The number of carbonyl (C=O) groups excluding carboxylic acids is 1. The van der Waals surface area contributed by atoms with Crippen LogP contribution >= 0.6 is 11.8 Å². The molecule has 1 fully saturated rings. The van der Waals surface area contributed by atoms with E-state index in [2.05, 4.69) is 10.2 Å². The molecule has 6 nitrogen and oxygen atoms in total. The van der Waals surface area contributed by atoms with E-state index in [0.29, 0.717) is 24.1 Å². The Kier molecular flexibility index (Phi) is 3.60. The molecule has 20 heavy (non-hydrogen) atoms. The molecule has 0 radical (unpaired) electrons. The van der Waals surface area contributed by atoms with Crippen LogP contribution < -0.4 is 4.74 Å². The Bertz CT molecular complexity index is 611. The first kappa shape index (κ1) is 13.0. The number of thioether (sulfide) groups is 1. The summed E-state index contributed by atoms with van der Waals surface area (Å²) in [6, 6.07) is 7.32. The van der Waals surface area contributed by atoms with Crippen molar-refractivity contribution in [1.29, 1.82) is 0 Å². The molecule has 1 aliphatic rings. The lowest BCUT2D eigenvalue weighted by Gasteiger charge is -2.00. The first-order chi connectivity index (χ1) is 9.76. The minimum Gasteiger partial charge on any atom is -0.497 e. The summed E-state index contributed by atoms with van der Waals surface area (Å²) in [5.74, 6) is 0.956. The number of hydrogen-bond acceptors (Lipinski definition) is 7. The molecule has 0 spiro atoms. The van der Waals surface area contributed by atoms with Crippen LogP contribution in [0.15, 0.2) is 33.9 Å². The molecule has 1 aliphatic heterocycles. The molecule has 0 aliphatic carbocycles. The first-order valence-electron chi connectivity index (χ1n) is 6.07. The molecule has 1 atom stereocenters. The zero-order chi connectivity index (χ0) is 13.9. The van der Waals surface area contributed by atoms with Crippen LogP contribution in [0.3, 0.4) is 0 Å². The lowest BCUT2D eigenvalue weighted by Crippen LogP contribution is -2.09. The number of carbonyl (C=O) groups is 1. The second-order valence-corrected chi connectivity index (χ2v) is 5.32. The predicted molar refractivity (Wildman–Crippen MR) is 71.5 cm³/mol. The summed E-state index contributed by atoms with van der Waals surface area (Å²) in [5.41, 5.74) is 0.805. The number of hydrogen-bond donors (Lipinski definition) is 0. The van der Waals surface area contributed by atoms with Crippen LogP contribution in [0, 0.1) is 0 Å². The first-order valence-corrected chi connectivity index (χ1v) is 6.95. The fraction of sp³-hybridized carbons (Fsp3) is 0.308. The van der Waals surface area contributed by atoms with Crippen molar-refractivity contribution < 1.29 is 18.7 Å². The highest BCUT2D eigenvalue weighted by Gasteiger charge is 2.29. The van der Waals surface area contributed by atoms with E-state index in [-0.39, 0.29) is 11.2 Å². The molecule has 3 rings (SSSR count). The van der Waals surface area contributed by atoms with Crippen molar-refractivity contribution in [2.75, 3.05) is 13.7 Å². The molecule has 1 saturated heterocycles. The summed E-state index contributed by atoms with van der Waals surface area (Å²) in [5, 5.41) is 8.04. The Labute approximate surface area is 119 Å². The zero-order valence-corrected chi connectivity index (χ0v) is 11.6. The minimum atomic E-state index is -0.251. The Morgan fingerprint density at radius 2 is 2.10 bits per heavy atom. The maximum absolute atomic E-state index is 11.4. The zero-order valence-electron chi connectivity index (χ0n) is 10.7. The topological polar surface area (TPSA) is 74.5 Å². The van der Waals surface area contributed by atoms with Crippen molar-refractivity contribution in [1.82, 2.24) is 10.2 Å². The molecule has 7 heteroatoms. The molecule has 2 heterocycles. The molecule has 104 valence electrons. The van der Waals surface area contributed by atoms with Crippen LogP contribution in [0.2, 0.25) is 0 Å². The lowest BCUT2D eigenvalue weighted by atomic mass is 10.2. The van der Waals surface area contributed by atoms with E-state index in [1.54, 1.807) is 7.11 Å². The Morgan fingerprint density at radius 1 is 1.30 bits per heavy atom. The molecule has 0 bridgehead atoms. The average Bonchev–Trinajstić information content (AvgIpc) is 3.10. The summed E-state index contributed by atoms with van der Waals surface area (Å²) in [6.07, 6.45) is 0.670. The number of benzene rings is 1. The quantitative estimate of drug-likeness (QED) is 0.799. The summed E-state index contributed by atoms with van der Waals surface area (Å²) in [4.78, 5) is 11.4. The van der Waals surface area contributed by atoms with E-state index in [1.807, 2.05) is 24.3 Å². The van der Waals surface area contributed by atoms with Crippen molar-refractivity contribution in [3.8, 4) is 17.2 Å². The maximum atomic E-state index is 11.4. The molecule has 1 unspecified atom stereocenters. The molecule has 1 aromatic heterocycles. The van der Waals surface area contributed by atoms with E-state index in [9.17, 15) is 4.79 Å². The molecule has 0 N–H and O–H groups in total. The predicted octanol–water partition coefficient (Wildman–Crippen LogP) is 2.15. The number of rotatable bonds is 4. The molecule has 2 aromatic rings. The Balaban J connectivity index is 1.73. The largest absolute Gasteiger partial charge is 0.497 e. The van der Waals surface area contributed by atoms with E-state index in [4.69, 9.17) is 13.9 Å². The highest BCUT2D eigenvalue weighted by Crippen LogP contribution is 2.30. The van der Waals surface area contributed by atoms with Crippen LogP contribution in [0.4, 0.5) is 0 Å². The number of esters is 1. The number of aromatic nitrogens is 2. The average molecular weight is 292 g/mol. The number of methoxy groups -OCH3 is 1. The normalized spacial score (nSPS) is 18.1. The van der Waals surface area contributed by atoms with Gasteiger partial charge < -0.3 is 13.9 Å². The van der Waals surface area contributed by atoms with Gasteiger partial charge in [-0.1, -0.05) is 0 Å². The van der Waals surface area contributed by atoms with E-state index in [0.717, 1.165) is 11.3 Å². The van der Waals surface area contributed by atoms with Crippen molar-refractivity contribution >= 4 is 17.7 Å². The van der Waals surface area contributed by atoms with Gasteiger partial charge in [0.25, 0.3) is 5.22 Å². The van der Waals surface area contributed by atoms with Crippen molar-refractivity contribution in [2.45, 2.75) is 16.9 Å². The van der Waals surface area contributed by atoms with Gasteiger partial charge in [-0.05, 0) is 36.0 Å². The van der Waals surface area contributed by atoms with Gasteiger partial charge in [0.15, 0.2) is 0 Å². The molecule has 1 aromatic carbocycles. The Hall–Kier alpha value is -2.02. The van der Waals surface area contributed by atoms with Crippen LogP contribution in [0.5, 0.6) is 5.75 Å². The molecular weight excluding hydrogens is 280 g/mol. The van der Waals surface area contributed by atoms with E-state index in [1.165, 1.54) is 11.8 Å². The van der Waals surface area contributed by atoms with Gasteiger partial charge in [-0.3, -0.25) is 4.79 Å². The number of nitrogens with zero attached hydrogens (tertiary/aromatic N) is 2. The molecular formula is C13H12N2O4S. The third-order valence-electron chi connectivity index (χ3n) is 2.87. The van der Waals surface area contributed by atoms with Gasteiger partial charge in [0.2, 0.25) is 5.89 Å². The van der Waals surface area contributed by atoms with Gasteiger partial charge in [0.05, 0.1) is 13.7 Å². The van der Waals surface area contributed by atoms with Gasteiger partial charge in [0.1, 0.15) is 11.0 Å². The van der Waals surface area contributed by atoms with Crippen LogP contribution in [-0.2, 0) is 9.53 Å². The van der Waals surface area contributed by atoms with Crippen LogP contribution in [0.1, 0.15) is 6.42 Å². The fourth-order valence-corrected chi connectivity index (χ4v) is 2.65. The maximum Gasteiger partial charge on any atom is 0.319 e. The van der Waals surface area contributed by atoms with Crippen molar-refractivity contribution in [3.05, 3.63) is 24.3 Å². The second-order valence-electron chi connectivity index (χ2n) is 4.16. The smallest absolute Gasteiger partial charge is 0.319 e. The van der Waals surface area contributed by atoms with Crippen molar-refractivity contribution in [3.63, 3.8) is 0 Å². The highest BCUT2D eigenvalue weighted by molar-refractivity contribution is 8.00. The molecule has 0 saturated carbocycles. The third-order valence-corrected chi connectivity index (χ3v) is 3.95. The number of cyclic esters (lactones) is 1.